The van der Waals surface area contributed by atoms with E-state index in [0.717, 1.165) is 31.2 Å². The van der Waals surface area contributed by atoms with E-state index in [4.69, 9.17) is 5.11 Å². The van der Waals surface area contributed by atoms with Crippen molar-refractivity contribution in [2.45, 2.75) is 53.4 Å². The molecule has 1 aliphatic rings. The minimum Gasteiger partial charge on any atom is -0.481 e. The first-order chi connectivity index (χ1) is 8.33. The number of carbonyl (C=O) groups is 1. The number of hydrogen-bond donors (Lipinski definition) is 1. The van der Waals surface area contributed by atoms with Crippen molar-refractivity contribution in [2.75, 3.05) is 19.6 Å². The first kappa shape index (κ1) is 15.5. The van der Waals surface area contributed by atoms with E-state index < -0.39 is 11.4 Å². The van der Waals surface area contributed by atoms with Crippen molar-refractivity contribution in [3.63, 3.8) is 0 Å². The Kier molecular flexibility index (Phi) is 5.64. The molecule has 0 radical (unpaired) electrons. The fraction of sp³-hybridized carbons (Fsp3) is 0.933. The molecule has 1 N–H and O–H groups in total. The van der Waals surface area contributed by atoms with Crippen molar-refractivity contribution in [3.05, 3.63) is 0 Å². The topological polar surface area (TPSA) is 40.5 Å². The molecule has 0 aromatic rings. The molecule has 1 rings (SSSR count). The van der Waals surface area contributed by atoms with Gasteiger partial charge in [0.2, 0.25) is 0 Å². The molecule has 0 aliphatic carbocycles. The van der Waals surface area contributed by atoms with Gasteiger partial charge in [-0.1, -0.05) is 13.8 Å². The number of hydrogen-bond acceptors (Lipinski definition) is 2. The molecule has 1 heterocycles. The molecule has 18 heavy (non-hydrogen) atoms. The van der Waals surface area contributed by atoms with Gasteiger partial charge in [0.1, 0.15) is 0 Å². The minimum absolute atomic E-state index is 0.573. The van der Waals surface area contributed by atoms with Crippen LogP contribution in [0.5, 0.6) is 0 Å². The predicted octanol–water partition coefficient (Wildman–Crippen LogP) is 3.25. The number of nitrogens with zero attached hydrogens (tertiary/aromatic N) is 1. The van der Waals surface area contributed by atoms with Crippen molar-refractivity contribution in [1.29, 1.82) is 0 Å². The van der Waals surface area contributed by atoms with E-state index in [0.29, 0.717) is 0 Å². The summed E-state index contributed by atoms with van der Waals surface area (Å²) in [5, 5.41) is 9.06. The zero-order valence-electron chi connectivity index (χ0n) is 12.4. The average Bonchev–Trinajstić information content (AvgIpc) is 2.29. The van der Waals surface area contributed by atoms with Gasteiger partial charge in [0, 0.05) is 0 Å². The standard InChI is InChI=1S/C15H29NO2/c1-12(2)13-6-10-16(11-7-13)9-5-8-15(3,4)14(17)18/h12-13H,5-11H2,1-4H3,(H,17,18). The van der Waals surface area contributed by atoms with Crippen molar-refractivity contribution >= 4 is 5.97 Å². The third-order valence-electron chi connectivity index (χ3n) is 4.43. The number of likely N-dealkylation sites (tertiary alicyclic amines) is 1. The van der Waals surface area contributed by atoms with E-state index in [9.17, 15) is 4.79 Å². The third kappa shape index (κ3) is 4.60. The third-order valence-corrected chi connectivity index (χ3v) is 4.43. The molecule has 0 atom stereocenters. The number of carboxylic acid groups (broad SMARTS) is 1. The van der Waals surface area contributed by atoms with Gasteiger partial charge in [-0.25, -0.2) is 0 Å². The van der Waals surface area contributed by atoms with Gasteiger partial charge in [-0.3, -0.25) is 4.79 Å². The van der Waals surface area contributed by atoms with Gasteiger partial charge in [0.05, 0.1) is 5.41 Å². The molecule has 0 aromatic carbocycles. The van der Waals surface area contributed by atoms with Crippen LogP contribution < -0.4 is 0 Å². The van der Waals surface area contributed by atoms with E-state index in [2.05, 4.69) is 18.7 Å². The summed E-state index contributed by atoms with van der Waals surface area (Å²) < 4.78 is 0. The highest BCUT2D eigenvalue weighted by Crippen LogP contribution is 2.26. The molecule has 1 aliphatic heterocycles. The molecule has 0 bridgehead atoms. The number of carboxylic acids is 1. The molecule has 3 heteroatoms. The van der Waals surface area contributed by atoms with E-state index in [1.807, 2.05) is 13.8 Å². The monoisotopic (exact) mass is 255 g/mol. The number of aliphatic carboxylic acids is 1. The Hall–Kier alpha value is -0.570. The summed E-state index contributed by atoms with van der Waals surface area (Å²) in [6.07, 6.45) is 4.37. The first-order valence-corrected chi connectivity index (χ1v) is 7.28. The van der Waals surface area contributed by atoms with Gasteiger partial charge in [-0.2, -0.15) is 0 Å². The molecule has 106 valence electrons. The molecule has 0 aromatic heterocycles. The molecule has 0 spiro atoms. The molecule has 0 saturated carbocycles. The van der Waals surface area contributed by atoms with Crippen LogP contribution in [-0.4, -0.2) is 35.6 Å². The molecular formula is C15H29NO2. The Labute approximate surface area is 112 Å². The van der Waals surface area contributed by atoms with Crippen molar-refractivity contribution in [1.82, 2.24) is 4.90 Å². The lowest BCUT2D eigenvalue weighted by Gasteiger charge is -2.34. The summed E-state index contributed by atoms with van der Waals surface area (Å²) in [5.74, 6) is 1.01. The average molecular weight is 255 g/mol. The first-order valence-electron chi connectivity index (χ1n) is 7.28. The Morgan fingerprint density at radius 3 is 2.33 bits per heavy atom. The maximum absolute atomic E-state index is 11.0. The summed E-state index contributed by atoms with van der Waals surface area (Å²) >= 11 is 0. The lowest BCUT2D eigenvalue weighted by molar-refractivity contribution is -0.147. The lowest BCUT2D eigenvalue weighted by atomic mass is 9.86. The van der Waals surface area contributed by atoms with Crippen LogP contribution >= 0.6 is 0 Å². The van der Waals surface area contributed by atoms with Crippen LogP contribution in [0, 0.1) is 17.3 Å². The van der Waals surface area contributed by atoms with Crippen molar-refractivity contribution in [2.24, 2.45) is 17.3 Å². The summed E-state index contributed by atoms with van der Waals surface area (Å²) in [5.41, 5.74) is -0.573. The van der Waals surface area contributed by atoms with E-state index in [-0.39, 0.29) is 0 Å². The molecule has 0 unspecified atom stereocenters. The van der Waals surface area contributed by atoms with E-state index >= 15 is 0 Å². The predicted molar refractivity (Wildman–Crippen MR) is 74.7 cm³/mol. The maximum Gasteiger partial charge on any atom is 0.309 e. The quantitative estimate of drug-likeness (QED) is 0.792. The van der Waals surface area contributed by atoms with Crippen LogP contribution in [0.15, 0.2) is 0 Å². The largest absolute Gasteiger partial charge is 0.481 e. The lowest BCUT2D eigenvalue weighted by Crippen LogP contribution is -2.36. The van der Waals surface area contributed by atoms with Gasteiger partial charge < -0.3 is 10.0 Å². The summed E-state index contributed by atoms with van der Waals surface area (Å²) in [6, 6.07) is 0. The normalized spacial score (nSPS) is 19.4. The van der Waals surface area contributed by atoms with Crippen molar-refractivity contribution in [3.8, 4) is 0 Å². The Morgan fingerprint density at radius 2 is 1.89 bits per heavy atom. The molecule has 0 amide bonds. The SMILES string of the molecule is CC(C)C1CCN(CCCC(C)(C)C(=O)O)CC1. The van der Waals surface area contributed by atoms with Crippen LogP contribution in [0.4, 0.5) is 0 Å². The summed E-state index contributed by atoms with van der Waals surface area (Å²) in [4.78, 5) is 13.5. The molecular weight excluding hydrogens is 226 g/mol. The zero-order valence-corrected chi connectivity index (χ0v) is 12.4. The van der Waals surface area contributed by atoms with Crippen LogP contribution in [-0.2, 0) is 4.79 Å². The smallest absolute Gasteiger partial charge is 0.309 e. The number of rotatable bonds is 6. The second-order valence-corrected chi connectivity index (χ2v) is 6.72. The highest BCUT2D eigenvalue weighted by Gasteiger charge is 2.27. The Bertz CT molecular complexity index is 266. The maximum atomic E-state index is 11.0. The minimum atomic E-state index is -0.680. The van der Waals surface area contributed by atoms with Gasteiger partial charge in [0.25, 0.3) is 0 Å². The zero-order chi connectivity index (χ0) is 13.8. The second kappa shape index (κ2) is 6.55. The highest BCUT2D eigenvalue weighted by molar-refractivity contribution is 5.73. The molecule has 3 nitrogen and oxygen atoms in total. The van der Waals surface area contributed by atoms with E-state index in [1.165, 1.54) is 25.9 Å². The van der Waals surface area contributed by atoms with Crippen molar-refractivity contribution < 1.29 is 9.90 Å². The molecule has 1 fully saturated rings. The fourth-order valence-corrected chi connectivity index (χ4v) is 2.69. The van der Waals surface area contributed by atoms with Gasteiger partial charge in [-0.05, 0) is 71.0 Å². The van der Waals surface area contributed by atoms with Gasteiger partial charge in [0.15, 0.2) is 0 Å². The van der Waals surface area contributed by atoms with Crippen LogP contribution in [0.1, 0.15) is 53.4 Å². The summed E-state index contributed by atoms with van der Waals surface area (Å²) in [6.45, 7) is 11.7. The highest BCUT2D eigenvalue weighted by atomic mass is 16.4. The van der Waals surface area contributed by atoms with Crippen LogP contribution in [0.25, 0.3) is 0 Å². The van der Waals surface area contributed by atoms with Crippen LogP contribution in [0.2, 0.25) is 0 Å². The van der Waals surface area contributed by atoms with Gasteiger partial charge >= 0.3 is 5.97 Å². The van der Waals surface area contributed by atoms with E-state index in [1.54, 1.807) is 0 Å². The van der Waals surface area contributed by atoms with Crippen LogP contribution in [0.3, 0.4) is 0 Å². The van der Waals surface area contributed by atoms with Gasteiger partial charge in [-0.15, -0.1) is 0 Å². The summed E-state index contributed by atoms with van der Waals surface area (Å²) in [7, 11) is 0. The Morgan fingerprint density at radius 1 is 1.33 bits per heavy atom. The Balaban J connectivity index is 2.21. The number of piperidine rings is 1. The molecule has 1 saturated heterocycles. The fourth-order valence-electron chi connectivity index (χ4n) is 2.69. The second-order valence-electron chi connectivity index (χ2n) is 6.72.